The molecule has 0 aliphatic rings. The predicted molar refractivity (Wildman–Crippen MR) is 53.2 cm³/mol. The van der Waals surface area contributed by atoms with E-state index in [0.29, 0.717) is 4.47 Å². The first-order chi connectivity index (χ1) is 6.59. The van der Waals surface area contributed by atoms with Gasteiger partial charge in [-0.25, -0.2) is 4.39 Å². The number of benzene rings is 1. The molecule has 0 bridgehead atoms. The Kier molecular flexibility index (Phi) is 3.66. The second-order valence-corrected chi connectivity index (χ2v) is 3.41. The molecule has 0 radical (unpaired) electrons. The largest absolute Gasteiger partial charge is 0.481 e. The van der Waals surface area contributed by atoms with Crippen molar-refractivity contribution in [2.75, 3.05) is 0 Å². The van der Waals surface area contributed by atoms with Gasteiger partial charge < -0.3 is 5.11 Å². The molecule has 1 aromatic rings. The van der Waals surface area contributed by atoms with Crippen LogP contribution in [0.4, 0.5) is 4.39 Å². The lowest BCUT2D eigenvalue weighted by Crippen LogP contribution is -1.90. The van der Waals surface area contributed by atoms with Gasteiger partial charge in [0.25, 0.3) is 0 Å². The van der Waals surface area contributed by atoms with Gasteiger partial charge in [0.15, 0.2) is 0 Å². The summed E-state index contributed by atoms with van der Waals surface area (Å²) in [5.41, 5.74) is 0.203. The van der Waals surface area contributed by atoms with Crippen LogP contribution in [0, 0.1) is 17.7 Å². The number of hydrogen-bond donors (Lipinski definition) is 1. The van der Waals surface area contributed by atoms with Crippen LogP contribution in [-0.4, -0.2) is 11.1 Å². The van der Waals surface area contributed by atoms with Crippen LogP contribution in [0.5, 0.6) is 0 Å². The molecular formula is C10H6BrFO2. The van der Waals surface area contributed by atoms with Crippen molar-refractivity contribution in [3.05, 3.63) is 34.1 Å². The van der Waals surface area contributed by atoms with E-state index in [1.165, 1.54) is 12.1 Å². The average molecular weight is 257 g/mol. The van der Waals surface area contributed by atoms with Crippen molar-refractivity contribution in [3.8, 4) is 11.8 Å². The normalized spacial score (nSPS) is 9.00. The Labute approximate surface area is 88.9 Å². The number of rotatable bonds is 1. The van der Waals surface area contributed by atoms with Crippen LogP contribution < -0.4 is 0 Å². The minimum absolute atomic E-state index is 0.203. The second kappa shape index (κ2) is 4.77. The number of halogens is 2. The molecule has 1 aromatic carbocycles. The molecule has 0 spiro atoms. The van der Waals surface area contributed by atoms with E-state index >= 15 is 0 Å². The maximum Gasteiger partial charge on any atom is 0.315 e. The number of aliphatic carboxylic acids is 1. The highest BCUT2D eigenvalue weighted by Crippen LogP contribution is 2.14. The highest BCUT2D eigenvalue weighted by molar-refractivity contribution is 9.10. The molecular weight excluding hydrogens is 251 g/mol. The SMILES string of the molecule is O=C(O)CC#Cc1ccc(Br)cc1F. The molecule has 1 N–H and O–H groups in total. The molecule has 0 aliphatic heterocycles. The summed E-state index contributed by atoms with van der Waals surface area (Å²) in [6.07, 6.45) is -0.282. The summed E-state index contributed by atoms with van der Waals surface area (Å²) in [7, 11) is 0. The lowest BCUT2D eigenvalue weighted by molar-refractivity contribution is -0.135. The third-order valence-corrected chi connectivity index (χ3v) is 1.89. The summed E-state index contributed by atoms with van der Waals surface area (Å²) in [5, 5.41) is 8.30. The van der Waals surface area contributed by atoms with Crippen LogP contribution in [0.1, 0.15) is 12.0 Å². The van der Waals surface area contributed by atoms with Crippen molar-refractivity contribution >= 4 is 21.9 Å². The Morgan fingerprint density at radius 3 is 2.86 bits per heavy atom. The molecule has 0 atom stereocenters. The van der Waals surface area contributed by atoms with Gasteiger partial charge in [-0.15, -0.1) is 0 Å². The van der Waals surface area contributed by atoms with Crippen LogP contribution in [0.2, 0.25) is 0 Å². The van der Waals surface area contributed by atoms with Gasteiger partial charge in [-0.05, 0) is 18.2 Å². The van der Waals surface area contributed by atoms with Gasteiger partial charge >= 0.3 is 5.97 Å². The minimum Gasteiger partial charge on any atom is -0.481 e. The monoisotopic (exact) mass is 256 g/mol. The molecule has 72 valence electrons. The fourth-order valence-electron chi connectivity index (χ4n) is 0.806. The highest BCUT2D eigenvalue weighted by Gasteiger charge is 1.98. The maximum absolute atomic E-state index is 13.1. The van der Waals surface area contributed by atoms with Crippen LogP contribution in [-0.2, 0) is 4.79 Å². The lowest BCUT2D eigenvalue weighted by Gasteiger charge is -1.94. The Morgan fingerprint density at radius 1 is 1.57 bits per heavy atom. The summed E-state index contributed by atoms with van der Waals surface area (Å²) in [5.74, 6) is 3.32. The van der Waals surface area contributed by atoms with Crippen LogP contribution in [0.3, 0.4) is 0 Å². The van der Waals surface area contributed by atoms with E-state index in [9.17, 15) is 9.18 Å². The van der Waals surface area contributed by atoms with E-state index < -0.39 is 11.8 Å². The van der Waals surface area contributed by atoms with Gasteiger partial charge in [-0.2, -0.15) is 0 Å². The van der Waals surface area contributed by atoms with Gasteiger partial charge in [0.2, 0.25) is 0 Å². The van der Waals surface area contributed by atoms with E-state index in [4.69, 9.17) is 5.11 Å². The third-order valence-electron chi connectivity index (χ3n) is 1.39. The molecule has 4 heteroatoms. The molecule has 0 amide bonds. The minimum atomic E-state index is -1.02. The number of hydrogen-bond acceptors (Lipinski definition) is 1. The summed E-state index contributed by atoms with van der Waals surface area (Å²) >= 11 is 3.11. The topological polar surface area (TPSA) is 37.3 Å². The summed E-state index contributed by atoms with van der Waals surface area (Å²) in [6.45, 7) is 0. The fraction of sp³-hybridized carbons (Fsp3) is 0.100. The maximum atomic E-state index is 13.1. The summed E-state index contributed by atoms with van der Waals surface area (Å²) in [6, 6.07) is 4.42. The molecule has 0 saturated heterocycles. The third kappa shape index (κ3) is 3.19. The Hall–Kier alpha value is -1.34. The molecule has 0 aromatic heterocycles. The highest BCUT2D eigenvalue weighted by atomic mass is 79.9. The molecule has 0 heterocycles. The molecule has 2 nitrogen and oxygen atoms in total. The molecule has 0 unspecified atom stereocenters. The van der Waals surface area contributed by atoms with Gasteiger partial charge in [0.05, 0.1) is 5.56 Å². The summed E-state index contributed by atoms with van der Waals surface area (Å²) < 4.78 is 13.7. The fourth-order valence-corrected chi connectivity index (χ4v) is 1.14. The first-order valence-electron chi connectivity index (χ1n) is 3.75. The average Bonchev–Trinajstić information content (AvgIpc) is 2.08. The van der Waals surface area contributed by atoms with E-state index in [1.807, 2.05) is 0 Å². The smallest absolute Gasteiger partial charge is 0.315 e. The van der Waals surface area contributed by atoms with Crippen LogP contribution >= 0.6 is 15.9 Å². The Balaban J connectivity index is 2.85. The van der Waals surface area contributed by atoms with Gasteiger partial charge in [-0.3, -0.25) is 4.79 Å². The Morgan fingerprint density at radius 2 is 2.29 bits per heavy atom. The lowest BCUT2D eigenvalue weighted by atomic mass is 10.2. The quantitative estimate of drug-likeness (QED) is 0.784. The van der Waals surface area contributed by atoms with E-state index in [0.717, 1.165) is 0 Å². The predicted octanol–water partition coefficient (Wildman–Crippen LogP) is 2.41. The van der Waals surface area contributed by atoms with E-state index in [2.05, 4.69) is 27.8 Å². The molecule has 0 saturated carbocycles. The van der Waals surface area contributed by atoms with Crippen molar-refractivity contribution in [1.82, 2.24) is 0 Å². The van der Waals surface area contributed by atoms with Gasteiger partial charge in [-0.1, -0.05) is 27.8 Å². The Bertz CT molecular complexity index is 418. The first kappa shape index (κ1) is 10.7. The van der Waals surface area contributed by atoms with E-state index in [-0.39, 0.29) is 12.0 Å². The van der Waals surface area contributed by atoms with Crippen LogP contribution in [0.25, 0.3) is 0 Å². The number of carboxylic acids is 1. The number of carboxylic acid groups (broad SMARTS) is 1. The van der Waals surface area contributed by atoms with Crippen LogP contribution in [0.15, 0.2) is 22.7 Å². The van der Waals surface area contributed by atoms with Gasteiger partial charge in [0, 0.05) is 4.47 Å². The second-order valence-electron chi connectivity index (χ2n) is 2.50. The van der Waals surface area contributed by atoms with Crippen molar-refractivity contribution in [2.45, 2.75) is 6.42 Å². The zero-order valence-corrected chi connectivity index (χ0v) is 8.64. The number of carbonyl (C=O) groups is 1. The zero-order valence-electron chi connectivity index (χ0n) is 7.05. The van der Waals surface area contributed by atoms with Crippen molar-refractivity contribution < 1.29 is 14.3 Å². The van der Waals surface area contributed by atoms with Crippen molar-refractivity contribution in [2.24, 2.45) is 0 Å². The molecule has 14 heavy (non-hydrogen) atoms. The molecule has 0 fully saturated rings. The van der Waals surface area contributed by atoms with Crippen molar-refractivity contribution in [1.29, 1.82) is 0 Å². The zero-order chi connectivity index (χ0) is 10.6. The molecule has 1 rings (SSSR count). The standard InChI is InChI=1S/C10H6BrFO2/c11-8-5-4-7(9(12)6-8)2-1-3-10(13)14/h4-6H,3H2,(H,13,14). The van der Waals surface area contributed by atoms with Gasteiger partial charge in [0.1, 0.15) is 12.2 Å². The van der Waals surface area contributed by atoms with E-state index in [1.54, 1.807) is 6.07 Å². The van der Waals surface area contributed by atoms with Crippen molar-refractivity contribution in [3.63, 3.8) is 0 Å². The molecule has 0 aliphatic carbocycles. The first-order valence-corrected chi connectivity index (χ1v) is 4.54. The summed E-state index contributed by atoms with van der Waals surface area (Å²) in [4.78, 5) is 10.1.